The summed E-state index contributed by atoms with van der Waals surface area (Å²) in [5.41, 5.74) is 0.788. The van der Waals surface area contributed by atoms with Crippen LogP contribution in [0.3, 0.4) is 0 Å². The summed E-state index contributed by atoms with van der Waals surface area (Å²) in [5.74, 6) is 1.11. The van der Waals surface area contributed by atoms with Crippen molar-refractivity contribution >= 4 is 46.4 Å². The van der Waals surface area contributed by atoms with Crippen LogP contribution in [0.4, 0.5) is 0 Å². The molecule has 1 aromatic heterocycles. The van der Waals surface area contributed by atoms with E-state index in [0.29, 0.717) is 17.7 Å². The molecule has 0 saturated carbocycles. The first kappa shape index (κ1) is 44.3. The fraction of sp³-hybridized carbons (Fsp3) is 0.245. The maximum absolute atomic E-state index is 14.9. The molecule has 1 saturated heterocycles. The van der Waals surface area contributed by atoms with Gasteiger partial charge in [-0.1, -0.05) is 109 Å². The van der Waals surface area contributed by atoms with Crippen molar-refractivity contribution in [1.82, 2.24) is 14.5 Å². The number of hydrogen-bond acceptors (Lipinski definition) is 8. The molecule has 1 aliphatic rings. The van der Waals surface area contributed by atoms with Crippen LogP contribution in [0.5, 0.6) is 11.5 Å². The Morgan fingerprint density at radius 2 is 1.39 bits per heavy atom. The largest absolute Gasteiger partial charge is 0.497 e. The molecule has 1 aliphatic heterocycles. The fourth-order valence-corrected chi connectivity index (χ4v) is 10.6. The summed E-state index contributed by atoms with van der Waals surface area (Å²) >= 11 is 0. The van der Waals surface area contributed by atoms with Gasteiger partial charge in [0, 0.05) is 27.5 Å². The van der Waals surface area contributed by atoms with Crippen molar-refractivity contribution in [2.75, 3.05) is 47.2 Å². The molecule has 334 valence electrons. The van der Waals surface area contributed by atoms with Gasteiger partial charge in [0.15, 0.2) is 6.23 Å². The van der Waals surface area contributed by atoms with E-state index in [1.807, 2.05) is 91.6 Å². The summed E-state index contributed by atoms with van der Waals surface area (Å²) in [5, 5.41) is 6.58. The summed E-state index contributed by atoms with van der Waals surface area (Å²) < 4.78 is 33.7. The van der Waals surface area contributed by atoms with E-state index < -0.39 is 49.5 Å². The number of hydrogen-bond donors (Lipinski definition) is 1. The van der Waals surface area contributed by atoms with Crippen molar-refractivity contribution in [2.45, 2.75) is 36.5 Å². The average Bonchev–Trinajstić information content (AvgIpc) is 3.70. The summed E-state index contributed by atoms with van der Waals surface area (Å²) in [6, 6.07) is 44.4. The normalized spacial score (nSPS) is 17.8. The Morgan fingerprint density at radius 3 is 2.02 bits per heavy atom. The van der Waals surface area contributed by atoms with Crippen LogP contribution in [-0.4, -0.2) is 85.9 Å². The van der Waals surface area contributed by atoms with E-state index in [0.717, 1.165) is 54.6 Å². The second-order valence-corrected chi connectivity index (χ2v) is 18.4. The van der Waals surface area contributed by atoms with Gasteiger partial charge in [0.1, 0.15) is 35.3 Å². The molecule has 8 aromatic rings. The summed E-state index contributed by atoms with van der Waals surface area (Å²) in [7, 11) is 3.70. The number of nitrogens with one attached hydrogen (secondary N) is 1. The first-order valence-corrected chi connectivity index (χ1v) is 23.6. The molecule has 9 rings (SSSR count). The van der Waals surface area contributed by atoms with Crippen LogP contribution in [-0.2, 0) is 30.8 Å². The van der Waals surface area contributed by atoms with Gasteiger partial charge in [0.2, 0.25) is 12.5 Å². The molecule has 13 heteroatoms. The predicted octanol–water partition coefficient (Wildman–Crippen LogP) is 8.76. The highest BCUT2D eigenvalue weighted by Crippen LogP contribution is 2.46. The maximum Gasteiger partial charge on any atom is 0.330 e. The van der Waals surface area contributed by atoms with Crippen molar-refractivity contribution in [2.24, 2.45) is 0 Å². The summed E-state index contributed by atoms with van der Waals surface area (Å²) in [6.07, 6.45) is -0.930. The molecule has 12 nitrogen and oxygen atoms in total. The Hall–Kier alpha value is -6.87. The van der Waals surface area contributed by atoms with Gasteiger partial charge < -0.3 is 33.2 Å². The van der Waals surface area contributed by atoms with E-state index in [2.05, 4.69) is 58.4 Å². The third kappa shape index (κ3) is 8.31. The van der Waals surface area contributed by atoms with Crippen LogP contribution in [0, 0.1) is 6.57 Å². The fourth-order valence-electron chi connectivity index (χ4n) is 9.39. The molecule has 0 spiro atoms. The highest BCUT2D eigenvalue weighted by atomic mass is 31.1. The van der Waals surface area contributed by atoms with Gasteiger partial charge in [-0.2, -0.15) is 0 Å². The third-order valence-corrected chi connectivity index (χ3v) is 14.1. The number of methoxy groups -OCH3 is 2. The second-order valence-electron chi connectivity index (χ2n) is 16.5. The lowest BCUT2D eigenvalue weighted by atomic mass is 9.80. The zero-order valence-corrected chi connectivity index (χ0v) is 37.9. The Morgan fingerprint density at radius 1 is 0.788 bits per heavy atom. The number of nitrogens with zero attached hydrogens (tertiary/aromatic N) is 3. The van der Waals surface area contributed by atoms with E-state index in [1.54, 1.807) is 26.2 Å². The zero-order valence-electron chi connectivity index (χ0n) is 37.0. The number of carbonyl (C=O) groups excluding carboxylic acids is 1. The standard InChI is InChI=1S/C53H49N4O8P/c1-54-29-31-66(5)65-50-44(33-63-53(38-12-7-6-8-13-38,39-19-23-41(61-3)24-20-39)40-21-25-42(62-4)26-22-40)64-51(57-30-28-45(58)55-52(57)60)49(50)56(2)46(59)32-37-17-16-36-15-14-34-10-9-11-35-18-27-43(37)48(36)47(34)35/h6-28,30,44,49-51H,29,31-33H2,2-5H3,(H,55,58,60)/t44-,49+,50?,51-,66?/m1/s1. The van der Waals surface area contributed by atoms with Gasteiger partial charge in [-0.05, 0) is 85.5 Å². The van der Waals surface area contributed by atoms with Crippen LogP contribution < -0.4 is 20.7 Å². The molecular formula is C53H49N4O8P. The van der Waals surface area contributed by atoms with E-state index in [1.165, 1.54) is 16.8 Å². The summed E-state index contributed by atoms with van der Waals surface area (Å²) in [6.45, 7) is 9.65. The molecular weight excluding hydrogens is 852 g/mol. The molecule has 0 bridgehead atoms. The van der Waals surface area contributed by atoms with Crippen LogP contribution in [0.2, 0.25) is 0 Å². The highest BCUT2D eigenvalue weighted by Gasteiger charge is 2.52. The van der Waals surface area contributed by atoms with Gasteiger partial charge in [-0.3, -0.25) is 19.1 Å². The molecule has 0 radical (unpaired) electrons. The number of amides is 1. The molecule has 5 atom stereocenters. The van der Waals surface area contributed by atoms with E-state index in [9.17, 15) is 14.4 Å². The maximum atomic E-state index is 14.9. The molecule has 2 heterocycles. The van der Waals surface area contributed by atoms with Gasteiger partial charge in [0.05, 0.1) is 33.4 Å². The SMILES string of the molecule is [C-]#[N+]CCP(C)OC1[C@@H](COC(c2ccccc2)(c2ccc(OC)cc2)c2ccc(OC)cc2)O[C@@H](n2ccc(=O)[nH]c2=O)[C@H]1N(C)C(=O)Cc1ccc2ccc3cccc4ccc1c2c34. The lowest BCUT2D eigenvalue weighted by Crippen LogP contribution is -2.50. The van der Waals surface area contributed by atoms with E-state index >= 15 is 0 Å². The molecule has 0 aliphatic carbocycles. The number of aromatic amines is 1. The van der Waals surface area contributed by atoms with Crippen LogP contribution >= 0.6 is 8.15 Å². The van der Waals surface area contributed by atoms with Crippen molar-refractivity contribution in [1.29, 1.82) is 0 Å². The number of rotatable bonds is 16. The topological polar surface area (TPSA) is 126 Å². The Labute approximate surface area is 383 Å². The molecule has 1 fully saturated rings. The van der Waals surface area contributed by atoms with Crippen LogP contribution in [0.15, 0.2) is 155 Å². The summed E-state index contributed by atoms with van der Waals surface area (Å²) in [4.78, 5) is 48.7. The lowest BCUT2D eigenvalue weighted by molar-refractivity contribution is -0.135. The minimum Gasteiger partial charge on any atom is -0.497 e. The molecule has 1 N–H and O–H groups in total. The lowest BCUT2D eigenvalue weighted by Gasteiger charge is -2.38. The van der Waals surface area contributed by atoms with Crippen molar-refractivity contribution in [3.05, 3.63) is 200 Å². The first-order chi connectivity index (χ1) is 32.1. The minimum atomic E-state index is -1.23. The minimum absolute atomic E-state index is 0.0486. The molecule has 2 unspecified atom stereocenters. The quantitative estimate of drug-likeness (QED) is 0.0442. The van der Waals surface area contributed by atoms with Crippen LogP contribution in [0.25, 0.3) is 37.2 Å². The first-order valence-electron chi connectivity index (χ1n) is 21.7. The van der Waals surface area contributed by atoms with Gasteiger partial charge >= 0.3 is 5.69 Å². The zero-order chi connectivity index (χ0) is 46.0. The molecule has 7 aromatic carbocycles. The average molecular weight is 901 g/mol. The monoisotopic (exact) mass is 900 g/mol. The highest BCUT2D eigenvalue weighted by molar-refractivity contribution is 7.51. The predicted molar refractivity (Wildman–Crippen MR) is 258 cm³/mol. The Bertz CT molecular complexity index is 3090. The van der Waals surface area contributed by atoms with Crippen LogP contribution in [0.1, 0.15) is 28.5 Å². The Balaban J connectivity index is 1.14. The van der Waals surface area contributed by atoms with E-state index in [-0.39, 0.29) is 25.5 Å². The van der Waals surface area contributed by atoms with Crippen molar-refractivity contribution in [3.63, 3.8) is 0 Å². The number of H-pyrrole nitrogens is 1. The number of carbonyl (C=O) groups is 1. The number of ether oxygens (including phenoxy) is 4. The smallest absolute Gasteiger partial charge is 0.330 e. The Kier molecular flexibility index (Phi) is 12.7. The van der Waals surface area contributed by atoms with Gasteiger partial charge in [0.25, 0.3) is 5.56 Å². The van der Waals surface area contributed by atoms with Gasteiger partial charge in [-0.25, -0.2) is 11.4 Å². The number of aromatic nitrogens is 2. The number of benzene rings is 7. The second kappa shape index (κ2) is 18.9. The van der Waals surface area contributed by atoms with Crippen molar-refractivity contribution < 1.29 is 28.3 Å². The number of likely N-dealkylation sites (N-methyl/N-ethyl adjacent to an activating group) is 1. The van der Waals surface area contributed by atoms with Crippen molar-refractivity contribution in [3.8, 4) is 11.5 Å². The third-order valence-electron chi connectivity index (χ3n) is 12.7. The molecule has 1 amide bonds. The van der Waals surface area contributed by atoms with E-state index in [4.69, 9.17) is 30.0 Å². The molecule has 66 heavy (non-hydrogen) atoms. The van der Waals surface area contributed by atoms with Gasteiger partial charge in [-0.15, -0.1) is 0 Å².